The summed E-state index contributed by atoms with van der Waals surface area (Å²) >= 11 is 0. The Morgan fingerprint density at radius 1 is 1.21 bits per heavy atom. The summed E-state index contributed by atoms with van der Waals surface area (Å²) in [5.41, 5.74) is 7.17. The maximum atomic E-state index is 12.0. The van der Waals surface area contributed by atoms with E-state index in [1.54, 1.807) is 18.2 Å². The predicted octanol–water partition coefficient (Wildman–Crippen LogP) is 2.24. The number of methoxy groups -OCH3 is 1. The number of anilines is 2. The molecule has 98 valence electrons. The van der Waals surface area contributed by atoms with Crippen LogP contribution in [0.5, 0.6) is 11.5 Å². The maximum Gasteiger partial charge on any atom is 0.255 e. The second kappa shape index (κ2) is 5.30. The monoisotopic (exact) mass is 258 g/mol. The van der Waals surface area contributed by atoms with Gasteiger partial charge in [0.1, 0.15) is 11.5 Å². The van der Waals surface area contributed by atoms with Gasteiger partial charge in [-0.1, -0.05) is 0 Å². The first-order valence-electron chi connectivity index (χ1n) is 5.64. The summed E-state index contributed by atoms with van der Waals surface area (Å²) in [5, 5.41) is 11.9. The Morgan fingerprint density at radius 2 is 1.89 bits per heavy atom. The van der Waals surface area contributed by atoms with E-state index in [-0.39, 0.29) is 11.7 Å². The quantitative estimate of drug-likeness (QED) is 0.737. The molecule has 0 radical (unpaired) electrons. The molecule has 0 fully saturated rings. The zero-order valence-corrected chi connectivity index (χ0v) is 10.4. The van der Waals surface area contributed by atoms with Gasteiger partial charge in [0.15, 0.2) is 0 Å². The zero-order valence-electron chi connectivity index (χ0n) is 10.4. The van der Waals surface area contributed by atoms with Gasteiger partial charge >= 0.3 is 0 Å². The molecule has 1 amide bonds. The van der Waals surface area contributed by atoms with Crippen molar-refractivity contribution in [3.05, 3.63) is 48.0 Å². The van der Waals surface area contributed by atoms with Crippen LogP contribution < -0.4 is 15.8 Å². The molecule has 2 rings (SSSR count). The van der Waals surface area contributed by atoms with Crippen LogP contribution in [0, 0.1) is 0 Å². The number of benzene rings is 2. The van der Waals surface area contributed by atoms with Crippen molar-refractivity contribution >= 4 is 17.3 Å². The lowest BCUT2D eigenvalue weighted by atomic mass is 10.2. The van der Waals surface area contributed by atoms with E-state index < -0.39 is 0 Å². The number of nitrogens with one attached hydrogen (secondary N) is 1. The van der Waals surface area contributed by atoms with E-state index in [9.17, 15) is 9.90 Å². The van der Waals surface area contributed by atoms with Crippen molar-refractivity contribution in [2.24, 2.45) is 0 Å². The summed E-state index contributed by atoms with van der Waals surface area (Å²) in [7, 11) is 1.50. The molecule has 0 saturated heterocycles. The van der Waals surface area contributed by atoms with Gasteiger partial charge in [-0.3, -0.25) is 4.79 Å². The third-order valence-corrected chi connectivity index (χ3v) is 2.60. The largest absolute Gasteiger partial charge is 0.508 e. The number of hydrogen-bond donors (Lipinski definition) is 3. The highest BCUT2D eigenvalue weighted by Crippen LogP contribution is 2.27. The Balaban J connectivity index is 2.21. The Hall–Kier alpha value is -2.69. The average Bonchev–Trinajstić information content (AvgIpc) is 2.41. The lowest BCUT2D eigenvalue weighted by Crippen LogP contribution is -2.12. The van der Waals surface area contributed by atoms with Crippen LogP contribution in [0.1, 0.15) is 10.4 Å². The van der Waals surface area contributed by atoms with Gasteiger partial charge in [-0.25, -0.2) is 0 Å². The molecule has 0 bridgehead atoms. The molecule has 4 N–H and O–H groups in total. The van der Waals surface area contributed by atoms with Crippen LogP contribution in [-0.4, -0.2) is 18.1 Å². The fourth-order valence-electron chi connectivity index (χ4n) is 1.62. The summed E-state index contributed by atoms with van der Waals surface area (Å²) in [6.07, 6.45) is 0. The summed E-state index contributed by atoms with van der Waals surface area (Å²) in [6.45, 7) is 0. The molecule has 0 saturated carbocycles. The van der Waals surface area contributed by atoms with Crippen LogP contribution in [0.25, 0.3) is 0 Å². The number of phenols is 1. The summed E-state index contributed by atoms with van der Waals surface area (Å²) < 4.78 is 5.15. The van der Waals surface area contributed by atoms with Crippen molar-refractivity contribution in [1.82, 2.24) is 0 Å². The van der Waals surface area contributed by atoms with Crippen LogP contribution in [0.2, 0.25) is 0 Å². The van der Waals surface area contributed by atoms with Crippen molar-refractivity contribution in [1.29, 1.82) is 0 Å². The number of hydrogen-bond acceptors (Lipinski definition) is 4. The van der Waals surface area contributed by atoms with Gasteiger partial charge in [0, 0.05) is 17.3 Å². The highest BCUT2D eigenvalue weighted by molar-refractivity contribution is 6.05. The standard InChI is InChI=1S/C14H14N2O3/c1-19-13-8-10(15)4-7-12(13)16-14(18)9-2-5-11(17)6-3-9/h2-8,17H,15H2,1H3,(H,16,18). The number of carbonyl (C=O) groups is 1. The van der Waals surface area contributed by atoms with E-state index in [4.69, 9.17) is 10.5 Å². The van der Waals surface area contributed by atoms with E-state index in [2.05, 4.69) is 5.32 Å². The van der Waals surface area contributed by atoms with Crippen molar-refractivity contribution in [2.45, 2.75) is 0 Å². The van der Waals surface area contributed by atoms with Gasteiger partial charge in [-0.2, -0.15) is 0 Å². The molecule has 0 aliphatic heterocycles. The number of phenolic OH excluding ortho intramolecular Hbond substituents is 1. The fraction of sp³-hybridized carbons (Fsp3) is 0.0714. The summed E-state index contributed by atoms with van der Waals surface area (Å²) in [4.78, 5) is 12.0. The average molecular weight is 258 g/mol. The highest BCUT2D eigenvalue weighted by atomic mass is 16.5. The van der Waals surface area contributed by atoms with Gasteiger partial charge in [0.05, 0.1) is 12.8 Å². The third-order valence-electron chi connectivity index (χ3n) is 2.60. The van der Waals surface area contributed by atoms with Gasteiger partial charge in [-0.15, -0.1) is 0 Å². The van der Waals surface area contributed by atoms with Crippen LogP contribution in [0.15, 0.2) is 42.5 Å². The molecule has 5 nitrogen and oxygen atoms in total. The van der Waals surface area contributed by atoms with Gasteiger partial charge in [0.25, 0.3) is 5.91 Å². The minimum atomic E-state index is -0.289. The molecule has 2 aromatic rings. The first kappa shape index (κ1) is 12.8. The zero-order chi connectivity index (χ0) is 13.8. The maximum absolute atomic E-state index is 12.0. The lowest BCUT2D eigenvalue weighted by molar-refractivity contribution is 0.102. The SMILES string of the molecule is COc1cc(N)ccc1NC(=O)c1ccc(O)cc1. The Labute approximate surface area is 110 Å². The molecular weight excluding hydrogens is 244 g/mol. The molecule has 5 heteroatoms. The summed E-state index contributed by atoms with van der Waals surface area (Å²) in [5.74, 6) is 0.316. The van der Waals surface area contributed by atoms with E-state index in [0.717, 1.165) is 0 Å². The first-order chi connectivity index (χ1) is 9.10. The molecule has 0 unspecified atom stereocenters. The van der Waals surface area contributed by atoms with Crippen molar-refractivity contribution in [3.8, 4) is 11.5 Å². The van der Waals surface area contributed by atoms with Gasteiger partial charge < -0.3 is 20.9 Å². The van der Waals surface area contributed by atoms with E-state index in [1.165, 1.54) is 31.4 Å². The minimum Gasteiger partial charge on any atom is -0.508 e. The van der Waals surface area contributed by atoms with Crippen LogP contribution >= 0.6 is 0 Å². The number of nitrogen functional groups attached to an aromatic ring is 1. The lowest BCUT2D eigenvalue weighted by Gasteiger charge is -2.10. The Bertz CT molecular complexity index is 594. The van der Waals surface area contributed by atoms with Gasteiger partial charge in [-0.05, 0) is 36.4 Å². The molecule has 0 heterocycles. The van der Waals surface area contributed by atoms with Crippen molar-refractivity contribution in [2.75, 3.05) is 18.2 Å². The number of ether oxygens (including phenoxy) is 1. The van der Waals surface area contributed by atoms with E-state index in [0.29, 0.717) is 22.7 Å². The molecule has 0 aliphatic carbocycles. The van der Waals surface area contributed by atoms with Crippen molar-refractivity contribution in [3.63, 3.8) is 0 Å². The normalized spacial score (nSPS) is 9.95. The summed E-state index contributed by atoms with van der Waals surface area (Å²) in [6, 6.07) is 11.0. The number of carbonyl (C=O) groups excluding carboxylic acids is 1. The van der Waals surface area contributed by atoms with Crippen LogP contribution in [-0.2, 0) is 0 Å². The first-order valence-corrected chi connectivity index (χ1v) is 5.64. The molecule has 0 atom stereocenters. The topological polar surface area (TPSA) is 84.6 Å². The second-order valence-corrected chi connectivity index (χ2v) is 3.96. The van der Waals surface area contributed by atoms with Crippen LogP contribution in [0.4, 0.5) is 11.4 Å². The van der Waals surface area contributed by atoms with E-state index in [1.807, 2.05) is 0 Å². The molecule has 19 heavy (non-hydrogen) atoms. The smallest absolute Gasteiger partial charge is 0.255 e. The highest BCUT2D eigenvalue weighted by Gasteiger charge is 2.09. The Morgan fingerprint density at radius 3 is 2.53 bits per heavy atom. The molecule has 0 aliphatic rings. The fourth-order valence-corrected chi connectivity index (χ4v) is 1.62. The molecule has 0 aromatic heterocycles. The third kappa shape index (κ3) is 2.95. The number of aromatic hydroxyl groups is 1. The van der Waals surface area contributed by atoms with Gasteiger partial charge in [0.2, 0.25) is 0 Å². The number of nitrogens with two attached hydrogens (primary N) is 1. The Kier molecular flexibility index (Phi) is 3.56. The molecular formula is C14H14N2O3. The number of amides is 1. The van der Waals surface area contributed by atoms with Crippen LogP contribution in [0.3, 0.4) is 0 Å². The number of rotatable bonds is 3. The second-order valence-electron chi connectivity index (χ2n) is 3.96. The van der Waals surface area contributed by atoms with E-state index >= 15 is 0 Å². The van der Waals surface area contributed by atoms with Crippen molar-refractivity contribution < 1.29 is 14.6 Å². The predicted molar refractivity (Wildman–Crippen MR) is 73.5 cm³/mol. The molecule has 2 aromatic carbocycles. The molecule has 0 spiro atoms. The minimum absolute atomic E-state index is 0.113.